The van der Waals surface area contributed by atoms with Gasteiger partial charge in [0.15, 0.2) is 0 Å². The molecule has 1 atom stereocenters. The van der Waals surface area contributed by atoms with E-state index in [1.165, 1.54) is 36.8 Å². The Morgan fingerprint density at radius 2 is 1.85 bits per heavy atom. The summed E-state index contributed by atoms with van der Waals surface area (Å²) in [6, 6.07) is 7.28. The van der Waals surface area contributed by atoms with Gasteiger partial charge in [-0.1, -0.05) is 32.8 Å². The molecule has 0 aliphatic heterocycles. The van der Waals surface area contributed by atoms with Crippen molar-refractivity contribution in [3.05, 3.63) is 29.3 Å². The maximum Gasteiger partial charge on any atom is 0.120 e. The average molecular weight is 275 g/mol. The predicted octanol–water partition coefficient (Wildman–Crippen LogP) is 4.42. The molecule has 1 fully saturated rings. The Morgan fingerprint density at radius 3 is 2.50 bits per heavy atom. The number of hydrogen-bond donors (Lipinski definition) is 1. The van der Waals surface area contributed by atoms with E-state index >= 15 is 0 Å². The van der Waals surface area contributed by atoms with Crippen molar-refractivity contribution >= 4 is 0 Å². The van der Waals surface area contributed by atoms with E-state index in [2.05, 4.69) is 51.2 Å². The van der Waals surface area contributed by atoms with Gasteiger partial charge in [0.2, 0.25) is 0 Å². The van der Waals surface area contributed by atoms with Crippen molar-refractivity contribution < 1.29 is 4.74 Å². The first-order valence-corrected chi connectivity index (χ1v) is 8.06. The molecular weight excluding hydrogens is 246 g/mol. The zero-order chi connectivity index (χ0) is 14.5. The molecule has 2 heteroatoms. The highest BCUT2D eigenvalue weighted by Gasteiger charge is 2.15. The highest BCUT2D eigenvalue weighted by molar-refractivity contribution is 5.35. The lowest BCUT2D eigenvalue weighted by Gasteiger charge is -2.19. The number of ether oxygens (including phenoxy) is 1. The lowest BCUT2D eigenvalue weighted by atomic mass is 10.0. The van der Waals surface area contributed by atoms with Crippen LogP contribution in [0, 0.1) is 6.92 Å². The fourth-order valence-electron chi connectivity index (χ4n) is 2.91. The van der Waals surface area contributed by atoms with E-state index in [1.54, 1.807) is 0 Å². The summed E-state index contributed by atoms with van der Waals surface area (Å²) >= 11 is 0. The number of hydrogen-bond acceptors (Lipinski definition) is 2. The van der Waals surface area contributed by atoms with Crippen molar-refractivity contribution in [1.29, 1.82) is 0 Å². The minimum absolute atomic E-state index is 0.220. The molecule has 0 aromatic heterocycles. The largest absolute Gasteiger partial charge is 0.489 e. The van der Waals surface area contributed by atoms with E-state index < -0.39 is 0 Å². The van der Waals surface area contributed by atoms with Crippen LogP contribution >= 0.6 is 0 Å². The third kappa shape index (κ3) is 4.52. The molecule has 2 rings (SSSR count). The fraction of sp³-hybridized carbons (Fsp3) is 0.667. The van der Waals surface area contributed by atoms with Gasteiger partial charge in [-0.3, -0.25) is 0 Å². The van der Waals surface area contributed by atoms with Gasteiger partial charge in [0.25, 0.3) is 0 Å². The van der Waals surface area contributed by atoms with Crippen molar-refractivity contribution in [1.82, 2.24) is 5.32 Å². The quantitative estimate of drug-likeness (QED) is 0.830. The number of nitrogens with one attached hydrogen (secondary N) is 1. The Bertz CT molecular complexity index is 421. The van der Waals surface area contributed by atoms with Crippen molar-refractivity contribution in [3.8, 4) is 5.75 Å². The van der Waals surface area contributed by atoms with Crippen LogP contribution in [-0.4, -0.2) is 18.7 Å². The number of benzene rings is 1. The summed E-state index contributed by atoms with van der Waals surface area (Å²) in [5.41, 5.74) is 2.64. The van der Waals surface area contributed by atoms with Crippen molar-refractivity contribution in [2.24, 2.45) is 0 Å². The number of rotatable bonds is 6. The zero-order valence-electron chi connectivity index (χ0n) is 13.4. The summed E-state index contributed by atoms with van der Waals surface area (Å²) < 4.78 is 6.08. The van der Waals surface area contributed by atoms with Crippen LogP contribution in [-0.2, 0) is 0 Å². The second kappa shape index (κ2) is 7.12. The first kappa shape index (κ1) is 15.4. The van der Waals surface area contributed by atoms with Crippen LogP contribution in [0.5, 0.6) is 5.75 Å². The van der Waals surface area contributed by atoms with Gasteiger partial charge in [-0.2, -0.15) is 0 Å². The lowest BCUT2D eigenvalue weighted by Crippen LogP contribution is -2.35. The summed E-state index contributed by atoms with van der Waals surface area (Å²) in [6.07, 6.45) is 5.63. The summed E-state index contributed by atoms with van der Waals surface area (Å²) in [7, 11) is 0. The van der Waals surface area contributed by atoms with E-state index in [1.807, 2.05) is 0 Å². The monoisotopic (exact) mass is 275 g/mol. The van der Waals surface area contributed by atoms with E-state index in [0.717, 1.165) is 12.3 Å². The normalized spacial score (nSPS) is 17.6. The molecule has 1 N–H and O–H groups in total. The molecule has 1 aliphatic carbocycles. The van der Waals surface area contributed by atoms with Crippen LogP contribution < -0.4 is 10.1 Å². The lowest BCUT2D eigenvalue weighted by molar-refractivity contribution is 0.211. The van der Waals surface area contributed by atoms with Crippen LogP contribution in [0.15, 0.2) is 18.2 Å². The fourth-order valence-corrected chi connectivity index (χ4v) is 2.91. The minimum atomic E-state index is 0.220. The van der Waals surface area contributed by atoms with Crippen molar-refractivity contribution in [2.45, 2.75) is 71.4 Å². The Labute approximate surface area is 123 Å². The molecule has 1 aliphatic rings. The Morgan fingerprint density at radius 1 is 1.15 bits per heavy atom. The SMILES string of the molecule is Cc1cc(OC(C)CNC2CCCC2)cc(C(C)C)c1. The van der Waals surface area contributed by atoms with Gasteiger partial charge in [0, 0.05) is 12.6 Å². The van der Waals surface area contributed by atoms with Crippen LogP contribution in [0.25, 0.3) is 0 Å². The summed E-state index contributed by atoms with van der Waals surface area (Å²) in [5, 5.41) is 3.63. The molecule has 1 aromatic rings. The molecule has 1 saturated carbocycles. The summed E-state index contributed by atoms with van der Waals surface area (Å²) in [4.78, 5) is 0. The Hall–Kier alpha value is -1.02. The molecule has 0 amide bonds. The van der Waals surface area contributed by atoms with Gasteiger partial charge in [0.05, 0.1) is 0 Å². The van der Waals surface area contributed by atoms with Crippen LogP contribution in [0.3, 0.4) is 0 Å². The zero-order valence-corrected chi connectivity index (χ0v) is 13.4. The van der Waals surface area contributed by atoms with Gasteiger partial charge in [0.1, 0.15) is 11.9 Å². The van der Waals surface area contributed by atoms with Gasteiger partial charge in [-0.05, 0) is 55.9 Å². The third-order valence-electron chi connectivity index (χ3n) is 4.13. The van der Waals surface area contributed by atoms with Gasteiger partial charge in [-0.15, -0.1) is 0 Å². The molecular formula is C18H29NO. The van der Waals surface area contributed by atoms with E-state index in [4.69, 9.17) is 4.74 Å². The molecule has 0 spiro atoms. The Balaban J connectivity index is 1.88. The molecule has 0 radical (unpaired) electrons. The second-order valence-corrected chi connectivity index (χ2v) is 6.55. The Kier molecular flexibility index (Phi) is 5.47. The summed E-state index contributed by atoms with van der Waals surface area (Å²) in [5.74, 6) is 1.55. The standard InChI is InChI=1S/C18H29NO/c1-13(2)16-9-14(3)10-18(11-16)20-15(4)12-19-17-7-5-6-8-17/h9-11,13,15,17,19H,5-8,12H2,1-4H3. The van der Waals surface area contributed by atoms with Gasteiger partial charge in [-0.25, -0.2) is 0 Å². The first-order chi connectivity index (χ1) is 9.54. The summed E-state index contributed by atoms with van der Waals surface area (Å²) in [6.45, 7) is 9.68. The highest BCUT2D eigenvalue weighted by Crippen LogP contribution is 2.23. The molecule has 20 heavy (non-hydrogen) atoms. The molecule has 1 aromatic carbocycles. The average Bonchev–Trinajstić information content (AvgIpc) is 2.88. The van der Waals surface area contributed by atoms with Gasteiger partial charge >= 0.3 is 0 Å². The van der Waals surface area contributed by atoms with Crippen LogP contribution in [0.4, 0.5) is 0 Å². The molecule has 0 heterocycles. The molecule has 2 nitrogen and oxygen atoms in total. The molecule has 0 saturated heterocycles. The van der Waals surface area contributed by atoms with Crippen LogP contribution in [0.1, 0.15) is 63.5 Å². The predicted molar refractivity (Wildman–Crippen MR) is 85.6 cm³/mol. The minimum Gasteiger partial charge on any atom is -0.489 e. The third-order valence-corrected chi connectivity index (χ3v) is 4.13. The van der Waals surface area contributed by atoms with E-state index in [-0.39, 0.29) is 6.10 Å². The number of aryl methyl sites for hydroxylation is 1. The molecule has 1 unspecified atom stereocenters. The molecule has 112 valence electrons. The highest BCUT2D eigenvalue weighted by atomic mass is 16.5. The van der Waals surface area contributed by atoms with E-state index in [0.29, 0.717) is 12.0 Å². The topological polar surface area (TPSA) is 21.3 Å². The second-order valence-electron chi connectivity index (χ2n) is 6.55. The van der Waals surface area contributed by atoms with E-state index in [9.17, 15) is 0 Å². The van der Waals surface area contributed by atoms with Crippen molar-refractivity contribution in [3.63, 3.8) is 0 Å². The van der Waals surface area contributed by atoms with Crippen LogP contribution in [0.2, 0.25) is 0 Å². The van der Waals surface area contributed by atoms with Gasteiger partial charge < -0.3 is 10.1 Å². The van der Waals surface area contributed by atoms with Crippen molar-refractivity contribution in [2.75, 3.05) is 6.54 Å². The first-order valence-electron chi connectivity index (χ1n) is 8.06. The smallest absolute Gasteiger partial charge is 0.120 e. The maximum atomic E-state index is 6.08. The molecule has 0 bridgehead atoms. The maximum absolute atomic E-state index is 6.08.